The molecule has 7 rings (SSSR count). The Morgan fingerprint density at radius 1 is 0.644 bits per heavy atom. The molecule has 0 saturated carbocycles. The topological polar surface area (TPSA) is 355 Å². The number of aromatic hydroxyl groups is 1. The summed E-state index contributed by atoms with van der Waals surface area (Å²) in [6, 6.07) is 16.2. The van der Waals surface area contributed by atoms with Gasteiger partial charge in [0.25, 0.3) is 5.91 Å². The molecular weight excluding hydrogens is 1160 g/mol. The average Bonchev–Trinajstić information content (AvgIpc) is 1.99. The third-order valence-electron chi connectivity index (χ3n) is 16.4. The first-order valence-corrected chi connectivity index (χ1v) is 30.7. The molecule has 0 aliphatic carbocycles. The molecule has 25 nitrogen and oxygen atoms in total. The molecule has 14 atom stereocenters. The number of rotatable bonds is 21. The van der Waals surface area contributed by atoms with Crippen molar-refractivity contribution in [3.8, 4) is 33.8 Å². The quantitative estimate of drug-likeness (QED) is 0.0406. The fourth-order valence-electron chi connectivity index (χ4n) is 11.0. The summed E-state index contributed by atoms with van der Waals surface area (Å²) in [6.07, 6.45) is -9.85. The van der Waals surface area contributed by atoms with Crippen molar-refractivity contribution >= 4 is 41.4 Å². The number of nitrogens with zero attached hydrogens (tertiary/aromatic N) is 3. The standard InChI is InChI=1S/C65H88N8O17/c1-8-9-10-30-89-48-25-21-43(22-26-48)41-13-11-40(12-14-41)42-15-17-45(18-16-42)59(81)66-49-27-28-51(90-33-32-88-31-29-73(5,6)7)67-63(85)55-56(78)37(2)35-72(55)65(87)53(39(4)75)69-62(84)54(58(80)57(79)44-19-23-46(76)24-20-44)70-61(83)50-34-47(77)36-71(50)64(86)52(38(3)74)68-60(49)82/h11-26,37-39,47,49-58,74-75,77-80H,8-10,27-36H2,1-7H3,(H5-,66,67,68,69,70,76,81,82,83,84,85)/p+1/t37-,38+,39+,47+,49?,50?,51?,52?,53?,54?,55?,56-,57-,58-/m0/s1. The van der Waals surface area contributed by atoms with Gasteiger partial charge < -0.3 is 90.8 Å². The van der Waals surface area contributed by atoms with Gasteiger partial charge in [-0.1, -0.05) is 87.4 Å². The van der Waals surface area contributed by atoms with Crippen LogP contribution in [0.1, 0.15) is 88.2 Å². The zero-order valence-electron chi connectivity index (χ0n) is 52.1. The van der Waals surface area contributed by atoms with Gasteiger partial charge in [0, 0.05) is 31.0 Å². The Labute approximate surface area is 524 Å². The molecule has 4 aromatic rings. The third-order valence-corrected chi connectivity index (χ3v) is 16.4. The highest BCUT2D eigenvalue weighted by molar-refractivity contribution is 6.00. The molecule has 0 radical (unpaired) electrons. The Morgan fingerprint density at radius 2 is 1.20 bits per heavy atom. The van der Waals surface area contributed by atoms with Crippen molar-refractivity contribution in [1.82, 2.24) is 36.4 Å². The lowest BCUT2D eigenvalue weighted by atomic mass is 9.96. The van der Waals surface area contributed by atoms with E-state index in [2.05, 4.69) is 33.5 Å². The van der Waals surface area contributed by atoms with E-state index in [1.54, 1.807) is 31.2 Å². The highest BCUT2D eigenvalue weighted by Crippen LogP contribution is 2.30. The van der Waals surface area contributed by atoms with E-state index in [1.807, 2.05) is 69.7 Å². The smallest absolute Gasteiger partial charge is 0.251 e. The summed E-state index contributed by atoms with van der Waals surface area (Å²) in [7, 11) is 5.95. The van der Waals surface area contributed by atoms with Crippen LogP contribution in [-0.2, 0) is 38.2 Å². The molecule has 0 aromatic heterocycles. The first-order valence-electron chi connectivity index (χ1n) is 30.7. The van der Waals surface area contributed by atoms with Crippen LogP contribution >= 0.6 is 0 Å². The fourth-order valence-corrected chi connectivity index (χ4v) is 11.0. The van der Waals surface area contributed by atoms with E-state index in [0.29, 0.717) is 24.2 Å². The van der Waals surface area contributed by atoms with Crippen LogP contribution in [0, 0.1) is 5.92 Å². The van der Waals surface area contributed by atoms with Crippen molar-refractivity contribution in [3.05, 3.63) is 108 Å². The Hall–Kier alpha value is -7.59. The molecule has 3 aliphatic heterocycles. The van der Waals surface area contributed by atoms with Crippen molar-refractivity contribution in [2.75, 3.05) is 67.2 Å². The highest BCUT2D eigenvalue weighted by Gasteiger charge is 2.50. The predicted octanol–water partition coefficient (Wildman–Crippen LogP) is 0.849. The molecule has 3 saturated heterocycles. The van der Waals surface area contributed by atoms with E-state index in [-0.39, 0.29) is 49.5 Å². The number of aliphatic hydroxyl groups excluding tert-OH is 6. The highest BCUT2D eigenvalue weighted by atomic mass is 16.5. The second-order valence-corrected chi connectivity index (χ2v) is 24.6. The first kappa shape index (κ1) is 69.9. The summed E-state index contributed by atoms with van der Waals surface area (Å²) in [5, 5.41) is 91.0. The van der Waals surface area contributed by atoms with E-state index < -0.39 is 139 Å². The molecule has 12 N–H and O–H groups in total. The monoisotopic (exact) mass is 1250 g/mol. The maximum atomic E-state index is 14.8. The number of benzene rings is 4. The van der Waals surface area contributed by atoms with Crippen LogP contribution in [-0.4, -0.2) is 232 Å². The Kier molecular flexibility index (Phi) is 24.8. The molecular formula is C65H89N8O17+. The first-order chi connectivity index (χ1) is 42.7. The molecule has 90 heavy (non-hydrogen) atoms. The van der Waals surface area contributed by atoms with Gasteiger partial charge in [-0.2, -0.15) is 0 Å². The number of carbonyl (C=O) groups excluding carboxylic acids is 7. The molecule has 490 valence electrons. The van der Waals surface area contributed by atoms with Crippen LogP contribution in [0.4, 0.5) is 0 Å². The van der Waals surface area contributed by atoms with E-state index in [4.69, 9.17) is 14.2 Å². The molecule has 7 amide bonds. The minimum absolute atomic E-state index is 0.0307. The second kappa shape index (κ2) is 31.9. The number of quaternary nitrogens is 1. The van der Waals surface area contributed by atoms with Crippen LogP contribution in [0.25, 0.3) is 22.3 Å². The fraction of sp³-hybridized carbons (Fsp3) is 0.523. The number of aliphatic hydroxyl groups is 6. The number of phenols is 1. The van der Waals surface area contributed by atoms with E-state index in [0.717, 1.165) is 64.0 Å². The minimum Gasteiger partial charge on any atom is -0.508 e. The Bertz CT molecular complexity index is 3050. The molecule has 4 aromatic carbocycles. The summed E-state index contributed by atoms with van der Waals surface area (Å²) < 4.78 is 18.5. The Morgan fingerprint density at radius 3 is 1.78 bits per heavy atom. The summed E-state index contributed by atoms with van der Waals surface area (Å²) >= 11 is 0. The van der Waals surface area contributed by atoms with E-state index >= 15 is 0 Å². The molecule has 7 unspecified atom stereocenters. The van der Waals surface area contributed by atoms with Gasteiger partial charge in [-0.05, 0) is 97.3 Å². The van der Waals surface area contributed by atoms with Crippen LogP contribution in [0.15, 0.2) is 97.1 Å². The number of hydrogen-bond donors (Lipinski definition) is 12. The van der Waals surface area contributed by atoms with Gasteiger partial charge in [0.1, 0.15) is 72.7 Å². The number of amides is 7. The predicted molar refractivity (Wildman–Crippen MR) is 329 cm³/mol. The molecule has 3 heterocycles. The van der Waals surface area contributed by atoms with Gasteiger partial charge in [-0.25, -0.2) is 0 Å². The average molecular weight is 1250 g/mol. The van der Waals surface area contributed by atoms with Crippen molar-refractivity contribution in [2.24, 2.45) is 5.92 Å². The molecule has 3 fully saturated rings. The maximum Gasteiger partial charge on any atom is 0.251 e. The van der Waals surface area contributed by atoms with Gasteiger partial charge in [-0.15, -0.1) is 0 Å². The number of fused-ring (bicyclic) bond motifs is 2. The number of phenolic OH excluding ortho intramolecular Hbond substituents is 1. The van der Waals surface area contributed by atoms with Crippen LogP contribution in [0.5, 0.6) is 11.5 Å². The third kappa shape index (κ3) is 18.5. The minimum atomic E-state index is -2.27. The van der Waals surface area contributed by atoms with Crippen LogP contribution < -0.4 is 31.3 Å². The zero-order chi connectivity index (χ0) is 65.6. The van der Waals surface area contributed by atoms with Gasteiger partial charge in [0.05, 0.1) is 72.0 Å². The van der Waals surface area contributed by atoms with Crippen molar-refractivity contribution in [2.45, 2.75) is 145 Å². The Balaban J connectivity index is 1.21. The number of ether oxygens (including phenoxy) is 3. The maximum absolute atomic E-state index is 14.8. The van der Waals surface area contributed by atoms with Crippen LogP contribution in [0.2, 0.25) is 0 Å². The normalized spacial score (nSPS) is 25.5. The largest absolute Gasteiger partial charge is 0.508 e. The summed E-state index contributed by atoms with van der Waals surface area (Å²) in [4.78, 5) is 104. The van der Waals surface area contributed by atoms with Gasteiger partial charge in [0.2, 0.25) is 35.4 Å². The number of carbonyl (C=O) groups is 7. The van der Waals surface area contributed by atoms with Gasteiger partial charge in [-0.3, -0.25) is 33.6 Å². The zero-order valence-corrected chi connectivity index (χ0v) is 52.1. The van der Waals surface area contributed by atoms with Crippen molar-refractivity contribution < 1.29 is 88.0 Å². The molecule has 0 spiro atoms. The number of hydrogen-bond acceptors (Lipinski definition) is 17. The van der Waals surface area contributed by atoms with Crippen molar-refractivity contribution in [3.63, 3.8) is 0 Å². The molecule has 3 aliphatic rings. The molecule has 25 heteroatoms. The van der Waals surface area contributed by atoms with E-state index in [9.17, 15) is 69.3 Å². The van der Waals surface area contributed by atoms with Crippen molar-refractivity contribution in [1.29, 1.82) is 0 Å². The van der Waals surface area contributed by atoms with Gasteiger partial charge in [0.15, 0.2) is 0 Å². The summed E-state index contributed by atoms with van der Waals surface area (Å²) in [5.74, 6) is -7.63. The number of unbranched alkanes of at least 4 members (excludes halogenated alkanes) is 2. The van der Waals surface area contributed by atoms with Gasteiger partial charge >= 0.3 is 0 Å². The number of nitrogens with one attached hydrogen (secondary N) is 5. The summed E-state index contributed by atoms with van der Waals surface area (Å²) in [5.41, 5.74) is 3.66. The lowest BCUT2D eigenvalue weighted by Gasteiger charge is -2.34. The second-order valence-electron chi connectivity index (χ2n) is 24.6. The number of likely N-dealkylation sites (N-methyl/N-ethyl adjacent to an activating group) is 1. The summed E-state index contributed by atoms with van der Waals surface area (Å²) in [6.45, 7) is 6.74. The SMILES string of the molecule is CCCCCOc1ccc(-c2ccc(-c3ccc(C(=O)NC4CCC(OCCOCC[N+](C)(C)C)NC(=O)C5[C@@H](O)[C@@H](C)CN5C(=O)C([C@@H](C)O)NC(=O)C([C@H](O)[C@@H](O)c5ccc(O)cc5)NC(=O)C5C[C@@H](O)CN5C(=O)C([C@@H](C)O)NC4=O)cc3)cc2)cc1. The lowest BCUT2D eigenvalue weighted by molar-refractivity contribution is -0.870. The van der Waals surface area contributed by atoms with Crippen LogP contribution in [0.3, 0.4) is 0 Å². The lowest BCUT2D eigenvalue weighted by Crippen LogP contribution is -2.64. The van der Waals surface area contributed by atoms with E-state index in [1.165, 1.54) is 31.2 Å². The molecule has 0 bridgehead atoms.